The van der Waals surface area contributed by atoms with Crippen LogP contribution in [0.2, 0.25) is 0 Å². The van der Waals surface area contributed by atoms with Gasteiger partial charge in [0, 0.05) is 17.8 Å². The standard InChI is InChI=1S/C16H17N3O/c1-4-12-8-7-9-14(10-12)17-16(20)15-11-13(5-2)18-19(15)6-3/h1,7-11H,5-6H2,2-3H3,(H,17,20). The molecule has 4 heteroatoms. The number of benzene rings is 1. The lowest BCUT2D eigenvalue weighted by Crippen LogP contribution is -2.17. The molecule has 0 saturated carbocycles. The number of aryl methyl sites for hydroxylation is 2. The first-order valence-corrected chi connectivity index (χ1v) is 6.62. The maximum Gasteiger partial charge on any atom is 0.273 e. The molecular weight excluding hydrogens is 250 g/mol. The molecule has 2 aromatic rings. The van der Waals surface area contributed by atoms with Crippen LogP contribution < -0.4 is 5.32 Å². The second-order valence-electron chi connectivity index (χ2n) is 4.37. The molecule has 1 N–H and O–H groups in total. The molecule has 0 atom stereocenters. The summed E-state index contributed by atoms with van der Waals surface area (Å²) in [7, 11) is 0. The minimum absolute atomic E-state index is 0.173. The van der Waals surface area contributed by atoms with Gasteiger partial charge >= 0.3 is 0 Å². The van der Waals surface area contributed by atoms with Crippen molar-refractivity contribution in [3.63, 3.8) is 0 Å². The van der Waals surface area contributed by atoms with E-state index in [4.69, 9.17) is 6.42 Å². The fourth-order valence-corrected chi connectivity index (χ4v) is 1.95. The van der Waals surface area contributed by atoms with Crippen LogP contribution in [0.1, 0.15) is 35.6 Å². The third kappa shape index (κ3) is 2.89. The summed E-state index contributed by atoms with van der Waals surface area (Å²) < 4.78 is 1.71. The van der Waals surface area contributed by atoms with E-state index < -0.39 is 0 Å². The van der Waals surface area contributed by atoms with Crippen molar-refractivity contribution in [1.82, 2.24) is 9.78 Å². The molecule has 20 heavy (non-hydrogen) atoms. The van der Waals surface area contributed by atoms with Crippen molar-refractivity contribution in [2.45, 2.75) is 26.8 Å². The Balaban J connectivity index is 2.23. The predicted octanol–water partition coefficient (Wildman–Crippen LogP) is 2.70. The van der Waals surface area contributed by atoms with Crippen molar-refractivity contribution in [1.29, 1.82) is 0 Å². The molecule has 1 aromatic heterocycles. The number of terminal acetylenes is 1. The highest BCUT2D eigenvalue weighted by Gasteiger charge is 2.14. The van der Waals surface area contributed by atoms with Gasteiger partial charge < -0.3 is 5.32 Å². The molecule has 1 aromatic carbocycles. The SMILES string of the molecule is C#Cc1cccc(NC(=O)c2cc(CC)nn2CC)c1. The van der Waals surface area contributed by atoms with Crippen LogP contribution in [0.3, 0.4) is 0 Å². The quantitative estimate of drug-likeness (QED) is 0.866. The van der Waals surface area contributed by atoms with Gasteiger partial charge in [0.2, 0.25) is 0 Å². The van der Waals surface area contributed by atoms with Crippen LogP contribution >= 0.6 is 0 Å². The zero-order chi connectivity index (χ0) is 14.5. The molecule has 0 bridgehead atoms. The number of carbonyl (C=O) groups excluding carboxylic acids is 1. The van der Waals surface area contributed by atoms with Crippen LogP contribution in [0.4, 0.5) is 5.69 Å². The van der Waals surface area contributed by atoms with Crippen molar-refractivity contribution in [3.8, 4) is 12.3 Å². The predicted molar refractivity (Wildman–Crippen MR) is 79.6 cm³/mol. The molecule has 1 heterocycles. The highest BCUT2D eigenvalue weighted by atomic mass is 16.2. The average Bonchev–Trinajstić information content (AvgIpc) is 2.91. The Morgan fingerprint density at radius 3 is 2.85 bits per heavy atom. The molecule has 0 aliphatic carbocycles. The van der Waals surface area contributed by atoms with Crippen molar-refractivity contribution in [3.05, 3.63) is 47.3 Å². The van der Waals surface area contributed by atoms with Gasteiger partial charge in [0.25, 0.3) is 5.91 Å². The van der Waals surface area contributed by atoms with E-state index in [9.17, 15) is 4.79 Å². The second kappa shape index (κ2) is 6.07. The minimum atomic E-state index is -0.173. The van der Waals surface area contributed by atoms with Gasteiger partial charge in [0.05, 0.1) is 5.69 Å². The van der Waals surface area contributed by atoms with E-state index in [1.54, 1.807) is 10.7 Å². The van der Waals surface area contributed by atoms with Gasteiger partial charge in [-0.05, 0) is 37.6 Å². The first kappa shape index (κ1) is 13.9. The number of aromatic nitrogens is 2. The van der Waals surface area contributed by atoms with Crippen LogP contribution in [-0.2, 0) is 13.0 Å². The van der Waals surface area contributed by atoms with Crippen molar-refractivity contribution in [2.24, 2.45) is 0 Å². The van der Waals surface area contributed by atoms with Crippen LogP contribution in [0.15, 0.2) is 30.3 Å². The molecule has 102 valence electrons. The Morgan fingerprint density at radius 1 is 1.40 bits per heavy atom. The molecule has 4 nitrogen and oxygen atoms in total. The summed E-state index contributed by atoms with van der Waals surface area (Å²) in [5.74, 6) is 2.37. The first-order chi connectivity index (χ1) is 9.67. The molecule has 2 rings (SSSR count). The van der Waals surface area contributed by atoms with Gasteiger partial charge in [-0.3, -0.25) is 9.48 Å². The molecule has 0 unspecified atom stereocenters. The molecular formula is C16H17N3O. The number of nitrogens with one attached hydrogen (secondary N) is 1. The van der Waals surface area contributed by atoms with Gasteiger partial charge in [0.1, 0.15) is 5.69 Å². The van der Waals surface area contributed by atoms with Crippen LogP contribution in [-0.4, -0.2) is 15.7 Å². The monoisotopic (exact) mass is 267 g/mol. The molecule has 0 fully saturated rings. The number of carbonyl (C=O) groups is 1. The lowest BCUT2D eigenvalue weighted by molar-refractivity contribution is 0.101. The minimum Gasteiger partial charge on any atom is -0.321 e. The molecule has 0 aliphatic heterocycles. The molecule has 1 amide bonds. The lowest BCUT2D eigenvalue weighted by atomic mass is 10.2. The number of hydrogen-bond acceptors (Lipinski definition) is 2. The van der Waals surface area contributed by atoms with E-state index in [0.717, 1.165) is 17.7 Å². The van der Waals surface area contributed by atoms with E-state index >= 15 is 0 Å². The normalized spacial score (nSPS) is 10.1. The van der Waals surface area contributed by atoms with E-state index in [0.29, 0.717) is 17.9 Å². The van der Waals surface area contributed by atoms with Gasteiger partial charge in [-0.25, -0.2) is 0 Å². The highest BCUT2D eigenvalue weighted by molar-refractivity contribution is 6.03. The fourth-order valence-electron chi connectivity index (χ4n) is 1.95. The summed E-state index contributed by atoms with van der Waals surface area (Å²) in [5.41, 5.74) is 2.90. The Morgan fingerprint density at radius 2 is 2.20 bits per heavy atom. The number of nitrogens with zero attached hydrogens (tertiary/aromatic N) is 2. The first-order valence-electron chi connectivity index (χ1n) is 6.62. The topological polar surface area (TPSA) is 46.9 Å². The largest absolute Gasteiger partial charge is 0.321 e. The Labute approximate surface area is 118 Å². The summed E-state index contributed by atoms with van der Waals surface area (Å²) >= 11 is 0. The van der Waals surface area contributed by atoms with E-state index in [-0.39, 0.29) is 5.91 Å². The Hall–Kier alpha value is -2.54. The van der Waals surface area contributed by atoms with Crippen LogP contribution in [0, 0.1) is 12.3 Å². The van der Waals surface area contributed by atoms with Crippen molar-refractivity contribution < 1.29 is 4.79 Å². The number of rotatable bonds is 4. The number of anilines is 1. The maximum absolute atomic E-state index is 12.3. The summed E-state index contributed by atoms with van der Waals surface area (Å²) in [6, 6.07) is 9.04. The summed E-state index contributed by atoms with van der Waals surface area (Å²) in [5, 5.41) is 7.22. The lowest BCUT2D eigenvalue weighted by Gasteiger charge is -2.06. The second-order valence-corrected chi connectivity index (χ2v) is 4.37. The van der Waals surface area contributed by atoms with Gasteiger partial charge in [0.15, 0.2) is 0 Å². The highest BCUT2D eigenvalue weighted by Crippen LogP contribution is 2.13. The summed E-state index contributed by atoms with van der Waals surface area (Å²) in [6.07, 6.45) is 6.16. The fraction of sp³-hybridized carbons (Fsp3) is 0.250. The van der Waals surface area contributed by atoms with E-state index in [1.165, 1.54) is 0 Å². The maximum atomic E-state index is 12.3. The molecule has 0 spiro atoms. The number of amides is 1. The average molecular weight is 267 g/mol. The Bertz CT molecular complexity index is 665. The van der Waals surface area contributed by atoms with Crippen LogP contribution in [0.5, 0.6) is 0 Å². The molecule has 0 aliphatic rings. The Kier molecular flexibility index (Phi) is 4.21. The molecule has 0 saturated heterocycles. The van der Waals surface area contributed by atoms with Gasteiger partial charge in [-0.15, -0.1) is 6.42 Å². The van der Waals surface area contributed by atoms with Crippen molar-refractivity contribution in [2.75, 3.05) is 5.32 Å². The smallest absolute Gasteiger partial charge is 0.273 e. The summed E-state index contributed by atoms with van der Waals surface area (Å²) in [6.45, 7) is 4.63. The summed E-state index contributed by atoms with van der Waals surface area (Å²) in [4.78, 5) is 12.3. The zero-order valence-electron chi connectivity index (χ0n) is 11.7. The van der Waals surface area contributed by atoms with E-state index in [1.807, 2.05) is 38.1 Å². The van der Waals surface area contributed by atoms with Crippen LogP contribution in [0.25, 0.3) is 0 Å². The third-order valence-electron chi connectivity index (χ3n) is 3.01. The van der Waals surface area contributed by atoms with Crippen molar-refractivity contribution >= 4 is 11.6 Å². The van der Waals surface area contributed by atoms with Gasteiger partial charge in [-0.1, -0.05) is 18.9 Å². The third-order valence-corrected chi connectivity index (χ3v) is 3.01. The van der Waals surface area contributed by atoms with Gasteiger partial charge in [-0.2, -0.15) is 5.10 Å². The van der Waals surface area contributed by atoms with E-state index in [2.05, 4.69) is 16.3 Å². The zero-order valence-corrected chi connectivity index (χ0v) is 11.7. The number of hydrogen-bond donors (Lipinski definition) is 1. The molecule has 0 radical (unpaired) electrons.